The van der Waals surface area contributed by atoms with Crippen molar-refractivity contribution in [3.05, 3.63) is 76.2 Å². The molecule has 2 amide bonds. The van der Waals surface area contributed by atoms with Gasteiger partial charge in [-0.1, -0.05) is 25.0 Å². The Kier molecular flexibility index (Phi) is 6.39. The second-order valence-electron chi connectivity index (χ2n) is 7.25. The zero-order chi connectivity index (χ0) is 20.8. The quantitative estimate of drug-likeness (QED) is 0.582. The van der Waals surface area contributed by atoms with Gasteiger partial charge in [0.15, 0.2) is 0 Å². The highest BCUT2D eigenvalue weighted by molar-refractivity contribution is 7.07. The third-order valence-electron chi connectivity index (χ3n) is 5.10. The molecule has 1 saturated carbocycles. The Balaban J connectivity index is 1.39. The van der Waals surface area contributed by atoms with E-state index >= 15 is 0 Å². The molecule has 4 rings (SSSR count). The summed E-state index contributed by atoms with van der Waals surface area (Å²) in [6.07, 6.45) is 4.31. The van der Waals surface area contributed by atoms with E-state index in [9.17, 15) is 9.59 Å². The first-order valence-electron chi connectivity index (χ1n) is 10.0. The van der Waals surface area contributed by atoms with Crippen molar-refractivity contribution in [2.75, 3.05) is 5.32 Å². The van der Waals surface area contributed by atoms with Crippen LogP contribution in [0.25, 0.3) is 0 Å². The van der Waals surface area contributed by atoms with Crippen LogP contribution in [0.4, 0.5) is 5.69 Å². The summed E-state index contributed by atoms with van der Waals surface area (Å²) in [5.41, 5.74) is 4.09. The predicted molar refractivity (Wildman–Crippen MR) is 117 cm³/mol. The number of ether oxygens (including phenoxy) is 1. The van der Waals surface area contributed by atoms with Gasteiger partial charge in [-0.15, -0.1) is 11.3 Å². The van der Waals surface area contributed by atoms with Crippen LogP contribution in [-0.2, 0) is 6.61 Å². The molecule has 1 fully saturated rings. The molecule has 30 heavy (non-hydrogen) atoms. The number of nitrogens with one attached hydrogen (secondary N) is 2. The van der Waals surface area contributed by atoms with Crippen LogP contribution in [0.2, 0.25) is 0 Å². The molecule has 1 aliphatic rings. The van der Waals surface area contributed by atoms with E-state index in [0.717, 1.165) is 31.4 Å². The number of aromatic nitrogens is 1. The van der Waals surface area contributed by atoms with Crippen LogP contribution in [0, 0.1) is 0 Å². The van der Waals surface area contributed by atoms with Crippen molar-refractivity contribution in [3.63, 3.8) is 0 Å². The molecule has 0 unspecified atom stereocenters. The number of amides is 2. The maximum atomic E-state index is 12.7. The number of rotatable bonds is 7. The molecule has 3 aromatic rings. The number of anilines is 1. The number of hydrogen-bond donors (Lipinski definition) is 2. The third kappa shape index (κ3) is 5.04. The van der Waals surface area contributed by atoms with Crippen LogP contribution >= 0.6 is 11.3 Å². The lowest BCUT2D eigenvalue weighted by Gasteiger charge is -2.15. The van der Waals surface area contributed by atoms with E-state index in [1.807, 2.05) is 5.38 Å². The van der Waals surface area contributed by atoms with E-state index in [1.165, 1.54) is 11.3 Å². The molecule has 0 atom stereocenters. The molecule has 7 heteroatoms. The van der Waals surface area contributed by atoms with Crippen LogP contribution in [0.1, 0.15) is 52.1 Å². The van der Waals surface area contributed by atoms with E-state index in [4.69, 9.17) is 4.74 Å². The lowest BCUT2D eigenvalue weighted by Crippen LogP contribution is -2.33. The average Bonchev–Trinajstić information content (AvgIpc) is 3.47. The van der Waals surface area contributed by atoms with Gasteiger partial charge in [0.2, 0.25) is 0 Å². The Morgan fingerprint density at radius 2 is 1.80 bits per heavy atom. The molecule has 0 bridgehead atoms. The maximum Gasteiger partial charge on any atom is 0.255 e. The second-order valence-corrected chi connectivity index (χ2v) is 7.97. The topological polar surface area (TPSA) is 80.3 Å². The molecular formula is C23H23N3O3S. The van der Waals surface area contributed by atoms with E-state index in [-0.39, 0.29) is 17.9 Å². The monoisotopic (exact) mass is 421 g/mol. The first kappa shape index (κ1) is 20.1. The highest BCUT2D eigenvalue weighted by atomic mass is 32.1. The van der Waals surface area contributed by atoms with Gasteiger partial charge in [-0.25, -0.2) is 4.98 Å². The van der Waals surface area contributed by atoms with Gasteiger partial charge in [0.05, 0.1) is 22.5 Å². The van der Waals surface area contributed by atoms with Gasteiger partial charge in [0.1, 0.15) is 12.4 Å². The lowest BCUT2D eigenvalue weighted by atomic mass is 10.1. The average molecular weight is 422 g/mol. The summed E-state index contributed by atoms with van der Waals surface area (Å²) in [6.45, 7) is 0.387. The van der Waals surface area contributed by atoms with Crippen molar-refractivity contribution in [3.8, 4) is 5.75 Å². The fourth-order valence-electron chi connectivity index (χ4n) is 3.49. The Bertz CT molecular complexity index is 997. The molecule has 1 aromatic heterocycles. The fraction of sp³-hybridized carbons (Fsp3) is 0.261. The number of carbonyl (C=O) groups is 2. The normalized spacial score (nSPS) is 13.7. The Labute approximate surface area is 179 Å². The van der Waals surface area contributed by atoms with E-state index in [1.54, 1.807) is 54.0 Å². The van der Waals surface area contributed by atoms with Gasteiger partial charge in [-0.2, -0.15) is 0 Å². The number of nitrogens with zero attached hydrogens (tertiary/aromatic N) is 1. The van der Waals surface area contributed by atoms with E-state index < -0.39 is 0 Å². The molecule has 0 radical (unpaired) electrons. The number of benzene rings is 2. The number of hydrogen-bond acceptors (Lipinski definition) is 5. The van der Waals surface area contributed by atoms with Crippen molar-refractivity contribution in [2.24, 2.45) is 0 Å². The molecular weight excluding hydrogens is 398 g/mol. The van der Waals surface area contributed by atoms with Crippen molar-refractivity contribution in [2.45, 2.75) is 38.3 Å². The zero-order valence-electron chi connectivity index (χ0n) is 16.5. The molecule has 0 saturated heterocycles. The molecule has 2 aromatic carbocycles. The summed E-state index contributed by atoms with van der Waals surface area (Å²) < 4.78 is 5.68. The Morgan fingerprint density at radius 3 is 2.53 bits per heavy atom. The Morgan fingerprint density at radius 1 is 1.03 bits per heavy atom. The largest absolute Gasteiger partial charge is 0.487 e. The molecule has 1 heterocycles. The smallest absolute Gasteiger partial charge is 0.255 e. The highest BCUT2D eigenvalue weighted by Gasteiger charge is 2.20. The number of carbonyl (C=O) groups excluding carboxylic acids is 2. The van der Waals surface area contributed by atoms with Gasteiger partial charge in [-0.05, 0) is 49.2 Å². The first-order chi connectivity index (χ1) is 14.7. The summed E-state index contributed by atoms with van der Waals surface area (Å²) in [4.78, 5) is 29.5. The summed E-state index contributed by atoms with van der Waals surface area (Å²) in [6, 6.07) is 14.2. The minimum atomic E-state index is -0.276. The standard InChI is InChI=1S/C23H23N3O3S/c27-22(16-9-11-19(12-10-16)29-13-18-14-30-15-24-18)26-21-8-4-3-7-20(21)23(28)25-17-5-1-2-6-17/h3-4,7-12,14-15,17H,1-2,5-6,13H2,(H,25,28)(H,26,27). The minimum Gasteiger partial charge on any atom is -0.487 e. The van der Waals surface area contributed by atoms with Gasteiger partial charge >= 0.3 is 0 Å². The predicted octanol–water partition coefficient (Wildman–Crippen LogP) is 4.65. The third-order valence-corrected chi connectivity index (χ3v) is 5.73. The molecule has 2 N–H and O–H groups in total. The van der Waals surface area contributed by atoms with Crippen LogP contribution in [-0.4, -0.2) is 22.8 Å². The SMILES string of the molecule is O=C(Nc1ccccc1C(=O)NC1CCCC1)c1ccc(OCc2cscn2)cc1. The molecule has 0 aliphatic heterocycles. The van der Waals surface area contributed by atoms with Crippen molar-refractivity contribution >= 4 is 28.8 Å². The highest BCUT2D eigenvalue weighted by Crippen LogP contribution is 2.21. The zero-order valence-corrected chi connectivity index (χ0v) is 17.3. The fourth-order valence-corrected chi connectivity index (χ4v) is 4.03. The van der Waals surface area contributed by atoms with Crippen molar-refractivity contribution in [1.82, 2.24) is 10.3 Å². The van der Waals surface area contributed by atoms with Gasteiger partial charge < -0.3 is 15.4 Å². The van der Waals surface area contributed by atoms with Crippen LogP contribution in [0.15, 0.2) is 59.4 Å². The Hall–Kier alpha value is -3.19. The van der Waals surface area contributed by atoms with Crippen LogP contribution in [0.5, 0.6) is 5.75 Å². The molecule has 1 aliphatic carbocycles. The van der Waals surface area contributed by atoms with Gasteiger partial charge in [0.25, 0.3) is 11.8 Å². The molecule has 0 spiro atoms. The number of para-hydroxylation sites is 1. The summed E-state index contributed by atoms with van der Waals surface area (Å²) in [7, 11) is 0. The van der Waals surface area contributed by atoms with Gasteiger partial charge in [0, 0.05) is 17.0 Å². The first-order valence-corrected chi connectivity index (χ1v) is 10.9. The summed E-state index contributed by atoms with van der Waals surface area (Å²) in [5.74, 6) is 0.238. The maximum absolute atomic E-state index is 12.7. The van der Waals surface area contributed by atoms with E-state index in [0.29, 0.717) is 29.2 Å². The van der Waals surface area contributed by atoms with E-state index in [2.05, 4.69) is 15.6 Å². The lowest BCUT2D eigenvalue weighted by molar-refractivity contribution is 0.0938. The minimum absolute atomic E-state index is 0.149. The second kappa shape index (κ2) is 9.54. The summed E-state index contributed by atoms with van der Waals surface area (Å²) >= 11 is 1.52. The van der Waals surface area contributed by atoms with Crippen molar-refractivity contribution < 1.29 is 14.3 Å². The number of thiazole rings is 1. The van der Waals surface area contributed by atoms with Crippen LogP contribution < -0.4 is 15.4 Å². The van der Waals surface area contributed by atoms with Crippen molar-refractivity contribution in [1.29, 1.82) is 0 Å². The van der Waals surface area contributed by atoms with Crippen LogP contribution in [0.3, 0.4) is 0 Å². The van der Waals surface area contributed by atoms with Gasteiger partial charge in [-0.3, -0.25) is 9.59 Å². The molecule has 6 nitrogen and oxygen atoms in total. The summed E-state index contributed by atoms with van der Waals surface area (Å²) in [5, 5.41) is 7.86. The molecule has 154 valence electrons.